The van der Waals surface area contributed by atoms with Crippen LogP contribution in [0.4, 0.5) is 0 Å². The lowest BCUT2D eigenvalue weighted by Crippen LogP contribution is -2.69. The molecule has 5 aliphatic carbocycles. The van der Waals surface area contributed by atoms with Crippen molar-refractivity contribution in [3.63, 3.8) is 0 Å². The number of hydrogen-bond donors (Lipinski definition) is 3. The van der Waals surface area contributed by atoms with E-state index in [1.807, 2.05) is 13.8 Å². The number of hydrogen-bond acceptors (Lipinski definition) is 5. The molecule has 0 aliphatic heterocycles. The smallest absolute Gasteiger partial charge is 0.330 e. The molecule has 0 saturated heterocycles. The first kappa shape index (κ1) is 30.3. The highest BCUT2D eigenvalue weighted by Gasteiger charge is 2.71. The molecule has 0 aromatic heterocycles. The Kier molecular flexibility index (Phi) is 7.13. The van der Waals surface area contributed by atoms with Crippen molar-refractivity contribution in [3.05, 3.63) is 23.3 Å². The van der Waals surface area contributed by atoms with Gasteiger partial charge in [0.15, 0.2) is 0 Å². The van der Waals surface area contributed by atoms with Crippen molar-refractivity contribution in [2.75, 3.05) is 6.61 Å². The second-order valence-electron chi connectivity index (χ2n) is 16.9. The van der Waals surface area contributed by atoms with Gasteiger partial charge in [0.2, 0.25) is 0 Å². The highest BCUT2D eigenvalue weighted by Crippen LogP contribution is 2.75. The summed E-state index contributed by atoms with van der Waals surface area (Å²) in [5, 5.41) is 34.3. The first-order chi connectivity index (χ1) is 18.4. The van der Waals surface area contributed by atoms with E-state index < -0.39 is 17.6 Å². The van der Waals surface area contributed by atoms with Crippen LogP contribution in [0.15, 0.2) is 23.3 Å². The Bertz CT molecular complexity index is 1100. The standard InChI is InChI=1S/C35H56O5/c1-21(2)16-29(39)40-28-19-30(3,4)17-23-22-10-11-25-32(7)14-13-26(37)31(5,6)24(32)12-15-33(25,8)34(22,9)18-27(38)35(23,28)20-36/h10,16,23-28,36-38H,11-15,17-20H2,1-9H3/t23-,24-,25+,26-,27+,28-,32-,33+,34+,35-/m0/s1. The summed E-state index contributed by atoms with van der Waals surface area (Å²) >= 11 is 0. The van der Waals surface area contributed by atoms with Gasteiger partial charge in [-0.05, 0) is 110 Å². The van der Waals surface area contributed by atoms with Crippen LogP contribution >= 0.6 is 0 Å². The van der Waals surface area contributed by atoms with Gasteiger partial charge >= 0.3 is 5.97 Å². The summed E-state index contributed by atoms with van der Waals surface area (Å²) in [7, 11) is 0. The van der Waals surface area contributed by atoms with E-state index >= 15 is 0 Å². The van der Waals surface area contributed by atoms with Crippen molar-refractivity contribution in [1.29, 1.82) is 0 Å². The quantitative estimate of drug-likeness (QED) is 0.207. The van der Waals surface area contributed by atoms with Gasteiger partial charge in [-0.25, -0.2) is 4.79 Å². The maximum Gasteiger partial charge on any atom is 0.330 e. The largest absolute Gasteiger partial charge is 0.458 e. The minimum atomic E-state index is -0.896. The third kappa shape index (κ3) is 3.99. The minimum Gasteiger partial charge on any atom is -0.458 e. The zero-order valence-corrected chi connectivity index (χ0v) is 26.6. The van der Waals surface area contributed by atoms with Gasteiger partial charge in [-0.1, -0.05) is 65.7 Å². The van der Waals surface area contributed by atoms with Gasteiger partial charge in [0, 0.05) is 6.08 Å². The van der Waals surface area contributed by atoms with Crippen LogP contribution in [0.1, 0.15) is 114 Å². The average Bonchev–Trinajstić information content (AvgIpc) is 2.81. The molecule has 0 amide bonds. The van der Waals surface area contributed by atoms with E-state index in [2.05, 4.69) is 54.5 Å². The number of ether oxygens (including phenoxy) is 1. The molecule has 0 aromatic carbocycles. The van der Waals surface area contributed by atoms with E-state index in [0.29, 0.717) is 24.7 Å². The summed E-state index contributed by atoms with van der Waals surface area (Å²) in [6.45, 7) is 20.0. The number of esters is 1. The van der Waals surface area contributed by atoms with Gasteiger partial charge in [0.1, 0.15) is 6.10 Å². The minimum absolute atomic E-state index is 0.000868. The number of aliphatic hydroxyl groups excluding tert-OH is 3. The van der Waals surface area contributed by atoms with Crippen molar-refractivity contribution in [2.45, 2.75) is 132 Å². The van der Waals surface area contributed by atoms with E-state index in [9.17, 15) is 20.1 Å². The molecular weight excluding hydrogens is 500 g/mol. The molecule has 5 nitrogen and oxygen atoms in total. The van der Waals surface area contributed by atoms with Crippen LogP contribution in [-0.2, 0) is 9.53 Å². The maximum absolute atomic E-state index is 12.9. The molecule has 226 valence electrons. The van der Waals surface area contributed by atoms with Crippen LogP contribution in [0, 0.1) is 50.2 Å². The SMILES string of the molecule is CC(C)=CC(=O)O[C@H]1CC(C)(C)C[C@H]2C3=CC[C@@H]4[C@@]5(C)CC[C@H](O)C(C)(C)[C@@H]5CC[C@@]4(C)[C@]3(C)C[C@@H](O)[C@@]12CO. The van der Waals surface area contributed by atoms with Gasteiger partial charge in [0.05, 0.1) is 24.2 Å². The molecule has 4 fully saturated rings. The predicted octanol–water partition coefficient (Wildman–Crippen LogP) is 6.60. The van der Waals surface area contributed by atoms with Crippen LogP contribution in [0.2, 0.25) is 0 Å². The second kappa shape index (κ2) is 9.41. The third-order valence-corrected chi connectivity index (χ3v) is 13.8. The summed E-state index contributed by atoms with van der Waals surface area (Å²) in [6.07, 6.45) is 9.59. The number of carbonyl (C=O) groups excluding carboxylic acids is 1. The highest BCUT2D eigenvalue weighted by atomic mass is 16.5. The molecule has 0 bridgehead atoms. The summed E-state index contributed by atoms with van der Waals surface area (Å²) < 4.78 is 6.15. The van der Waals surface area contributed by atoms with Crippen LogP contribution in [0.5, 0.6) is 0 Å². The van der Waals surface area contributed by atoms with Crippen molar-refractivity contribution in [3.8, 4) is 0 Å². The van der Waals surface area contributed by atoms with Gasteiger partial charge in [0.25, 0.3) is 0 Å². The first-order valence-corrected chi connectivity index (χ1v) is 15.9. The van der Waals surface area contributed by atoms with Crippen LogP contribution in [-0.4, -0.2) is 46.2 Å². The molecule has 40 heavy (non-hydrogen) atoms. The summed E-state index contributed by atoms with van der Waals surface area (Å²) in [5.74, 6) is 0.508. The number of aliphatic hydroxyl groups is 3. The Labute approximate surface area is 242 Å². The second-order valence-corrected chi connectivity index (χ2v) is 16.9. The molecule has 10 atom stereocenters. The molecule has 0 unspecified atom stereocenters. The van der Waals surface area contributed by atoms with Crippen molar-refractivity contribution >= 4 is 5.97 Å². The molecule has 0 spiro atoms. The molecule has 0 aromatic rings. The Morgan fingerprint density at radius 1 is 0.950 bits per heavy atom. The lowest BCUT2D eigenvalue weighted by molar-refractivity contribution is -0.239. The Morgan fingerprint density at radius 2 is 1.62 bits per heavy atom. The molecule has 5 rings (SSSR count). The average molecular weight is 557 g/mol. The van der Waals surface area contributed by atoms with E-state index in [1.54, 1.807) is 0 Å². The molecule has 0 radical (unpaired) electrons. The topological polar surface area (TPSA) is 87.0 Å². The summed E-state index contributed by atoms with van der Waals surface area (Å²) in [4.78, 5) is 12.9. The summed E-state index contributed by atoms with van der Waals surface area (Å²) in [5.41, 5.74) is 1.09. The van der Waals surface area contributed by atoms with E-state index in [4.69, 9.17) is 4.74 Å². The molecule has 0 heterocycles. The Hall–Kier alpha value is -1.17. The molecule has 4 saturated carbocycles. The fraction of sp³-hybridized carbons (Fsp3) is 0.857. The highest BCUT2D eigenvalue weighted by molar-refractivity contribution is 5.82. The third-order valence-electron chi connectivity index (χ3n) is 13.8. The lowest BCUT2D eigenvalue weighted by Gasteiger charge is -2.72. The first-order valence-electron chi connectivity index (χ1n) is 15.9. The normalized spacial score (nSPS) is 48.9. The fourth-order valence-electron chi connectivity index (χ4n) is 11.5. The van der Waals surface area contributed by atoms with Crippen LogP contribution in [0.25, 0.3) is 0 Å². The fourth-order valence-corrected chi connectivity index (χ4v) is 11.5. The van der Waals surface area contributed by atoms with Crippen molar-refractivity contribution in [1.82, 2.24) is 0 Å². The Balaban J connectivity index is 1.60. The van der Waals surface area contributed by atoms with Gasteiger partial charge in [-0.2, -0.15) is 0 Å². The van der Waals surface area contributed by atoms with Gasteiger partial charge in [-0.15, -0.1) is 0 Å². The van der Waals surface area contributed by atoms with Crippen LogP contribution < -0.4 is 0 Å². The molecular formula is C35H56O5. The van der Waals surface area contributed by atoms with Gasteiger partial charge in [-0.3, -0.25) is 0 Å². The van der Waals surface area contributed by atoms with E-state index in [-0.39, 0.29) is 51.7 Å². The van der Waals surface area contributed by atoms with Crippen molar-refractivity contribution in [2.24, 2.45) is 50.2 Å². The predicted molar refractivity (Wildman–Crippen MR) is 158 cm³/mol. The molecule has 3 N–H and O–H groups in total. The van der Waals surface area contributed by atoms with Gasteiger partial charge < -0.3 is 20.1 Å². The van der Waals surface area contributed by atoms with E-state index in [1.165, 1.54) is 11.6 Å². The maximum atomic E-state index is 12.9. The number of rotatable bonds is 3. The zero-order chi connectivity index (χ0) is 29.7. The van der Waals surface area contributed by atoms with Crippen molar-refractivity contribution < 1.29 is 24.9 Å². The monoisotopic (exact) mass is 556 g/mol. The molecule has 5 aliphatic rings. The number of fused-ring (bicyclic) bond motifs is 7. The summed E-state index contributed by atoms with van der Waals surface area (Å²) in [6, 6.07) is 0. The number of carbonyl (C=O) groups is 1. The Morgan fingerprint density at radius 3 is 2.25 bits per heavy atom. The van der Waals surface area contributed by atoms with Crippen LogP contribution in [0.3, 0.4) is 0 Å². The number of allylic oxidation sites excluding steroid dienone is 3. The van der Waals surface area contributed by atoms with E-state index in [0.717, 1.165) is 44.1 Å². The zero-order valence-electron chi connectivity index (χ0n) is 26.6. The molecule has 5 heteroatoms. The lowest BCUT2D eigenvalue weighted by atomic mass is 9.33.